The highest BCUT2D eigenvalue weighted by atomic mass is 19.1. The first-order valence-corrected chi connectivity index (χ1v) is 6.07. The molecule has 0 aromatic heterocycles. The second-order valence-electron chi connectivity index (χ2n) is 4.16. The van der Waals surface area contributed by atoms with Gasteiger partial charge in [-0.1, -0.05) is 12.1 Å². The van der Waals surface area contributed by atoms with Gasteiger partial charge < -0.3 is 5.32 Å². The SMILES string of the molecule is CC(NCCCCCF)c1cccc(C#N)c1. The number of hydrogen-bond acceptors (Lipinski definition) is 2. The summed E-state index contributed by atoms with van der Waals surface area (Å²) in [6.07, 6.45) is 2.57. The standard InChI is InChI=1S/C14H19FN2/c1-12(17-9-4-2-3-8-15)14-7-5-6-13(10-14)11-16/h5-7,10,12,17H,2-4,8-9H2,1H3. The van der Waals surface area contributed by atoms with Crippen LogP contribution in [0.15, 0.2) is 24.3 Å². The van der Waals surface area contributed by atoms with Crippen molar-refractivity contribution in [3.05, 3.63) is 35.4 Å². The topological polar surface area (TPSA) is 35.8 Å². The fourth-order valence-corrected chi connectivity index (χ4v) is 1.71. The highest BCUT2D eigenvalue weighted by molar-refractivity contribution is 5.33. The van der Waals surface area contributed by atoms with Crippen molar-refractivity contribution in [3.8, 4) is 6.07 Å². The summed E-state index contributed by atoms with van der Waals surface area (Å²) in [6.45, 7) is 2.74. The van der Waals surface area contributed by atoms with Gasteiger partial charge in [0.05, 0.1) is 18.3 Å². The summed E-state index contributed by atoms with van der Waals surface area (Å²) >= 11 is 0. The van der Waals surface area contributed by atoms with Crippen LogP contribution in [0.5, 0.6) is 0 Å². The van der Waals surface area contributed by atoms with Crippen molar-refractivity contribution >= 4 is 0 Å². The summed E-state index contributed by atoms with van der Waals surface area (Å²) in [7, 11) is 0. The molecule has 1 aromatic rings. The molecule has 92 valence electrons. The predicted octanol–water partition coefficient (Wildman–Crippen LogP) is 3.35. The van der Waals surface area contributed by atoms with Crippen molar-refractivity contribution in [3.63, 3.8) is 0 Å². The van der Waals surface area contributed by atoms with E-state index in [9.17, 15) is 4.39 Å². The normalized spacial score (nSPS) is 12.1. The number of nitrogens with one attached hydrogen (secondary N) is 1. The summed E-state index contributed by atoms with van der Waals surface area (Å²) < 4.78 is 11.9. The monoisotopic (exact) mass is 234 g/mol. The Bertz CT molecular complexity index is 371. The molecule has 0 heterocycles. The second kappa shape index (κ2) is 7.81. The van der Waals surface area contributed by atoms with Crippen molar-refractivity contribution in [2.75, 3.05) is 13.2 Å². The Hall–Kier alpha value is -1.40. The van der Waals surface area contributed by atoms with Crippen LogP contribution in [0.4, 0.5) is 4.39 Å². The fraction of sp³-hybridized carbons (Fsp3) is 0.500. The Labute approximate surface area is 102 Å². The minimum absolute atomic E-state index is 0.222. The minimum atomic E-state index is -0.222. The molecule has 2 nitrogen and oxygen atoms in total. The third kappa shape index (κ3) is 4.97. The summed E-state index contributed by atoms with van der Waals surface area (Å²) in [5.41, 5.74) is 1.81. The molecule has 0 saturated heterocycles. The molecular formula is C14H19FN2. The number of hydrogen-bond donors (Lipinski definition) is 1. The molecule has 0 aliphatic carbocycles. The van der Waals surface area contributed by atoms with Crippen LogP contribution in [0.1, 0.15) is 43.4 Å². The molecule has 1 atom stereocenters. The number of unbranched alkanes of at least 4 members (excludes halogenated alkanes) is 2. The van der Waals surface area contributed by atoms with Crippen LogP contribution in [0.25, 0.3) is 0 Å². The quantitative estimate of drug-likeness (QED) is 0.734. The van der Waals surface area contributed by atoms with Gasteiger partial charge in [0.25, 0.3) is 0 Å². The van der Waals surface area contributed by atoms with Crippen LogP contribution in [0, 0.1) is 11.3 Å². The summed E-state index contributed by atoms with van der Waals surface area (Å²) in [5.74, 6) is 0. The van der Waals surface area contributed by atoms with Crippen LogP contribution in [-0.2, 0) is 0 Å². The van der Waals surface area contributed by atoms with Crippen molar-refractivity contribution in [1.82, 2.24) is 5.32 Å². The molecule has 17 heavy (non-hydrogen) atoms. The lowest BCUT2D eigenvalue weighted by Gasteiger charge is -2.14. The Balaban J connectivity index is 2.36. The molecule has 0 spiro atoms. The first kappa shape index (κ1) is 13.7. The van der Waals surface area contributed by atoms with Crippen molar-refractivity contribution in [1.29, 1.82) is 5.26 Å². The first-order chi connectivity index (χ1) is 8.27. The van der Waals surface area contributed by atoms with E-state index in [1.807, 2.05) is 18.2 Å². The zero-order valence-electron chi connectivity index (χ0n) is 10.2. The summed E-state index contributed by atoms with van der Waals surface area (Å²) in [4.78, 5) is 0. The minimum Gasteiger partial charge on any atom is -0.310 e. The van der Waals surface area contributed by atoms with E-state index in [0.717, 1.165) is 24.9 Å². The molecule has 0 fully saturated rings. The van der Waals surface area contributed by atoms with Crippen LogP contribution in [0.3, 0.4) is 0 Å². The van der Waals surface area contributed by atoms with Gasteiger partial charge in [-0.05, 0) is 50.4 Å². The first-order valence-electron chi connectivity index (χ1n) is 6.07. The van der Waals surface area contributed by atoms with E-state index < -0.39 is 0 Å². The lowest BCUT2D eigenvalue weighted by molar-refractivity contribution is 0.447. The average molecular weight is 234 g/mol. The van der Waals surface area contributed by atoms with Crippen molar-refractivity contribution < 1.29 is 4.39 Å². The zero-order valence-corrected chi connectivity index (χ0v) is 10.2. The number of nitriles is 1. The van der Waals surface area contributed by atoms with Gasteiger partial charge in [0, 0.05) is 6.04 Å². The molecule has 3 heteroatoms. The maximum Gasteiger partial charge on any atom is 0.0991 e. The number of alkyl halides is 1. The van der Waals surface area contributed by atoms with Crippen LogP contribution < -0.4 is 5.32 Å². The van der Waals surface area contributed by atoms with Crippen LogP contribution in [0.2, 0.25) is 0 Å². The molecule has 1 rings (SSSR count). The molecule has 0 bridgehead atoms. The fourth-order valence-electron chi connectivity index (χ4n) is 1.71. The van der Waals surface area contributed by atoms with Crippen LogP contribution >= 0.6 is 0 Å². The Morgan fingerprint density at radius 2 is 2.18 bits per heavy atom. The highest BCUT2D eigenvalue weighted by Crippen LogP contribution is 2.13. The van der Waals surface area contributed by atoms with Gasteiger partial charge in [-0.2, -0.15) is 5.26 Å². The van der Waals surface area contributed by atoms with Gasteiger partial charge in [-0.15, -0.1) is 0 Å². The van der Waals surface area contributed by atoms with Gasteiger partial charge in [0.2, 0.25) is 0 Å². The molecule has 1 unspecified atom stereocenters. The third-order valence-electron chi connectivity index (χ3n) is 2.78. The summed E-state index contributed by atoms with van der Waals surface area (Å²) in [6, 6.07) is 9.98. The lowest BCUT2D eigenvalue weighted by atomic mass is 10.1. The van der Waals surface area contributed by atoms with Crippen molar-refractivity contribution in [2.24, 2.45) is 0 Å². The second-order valence-corrected chi connectivity index (χ2v) is 4.16. The Kier molecular flexibility index (Phi) is 6.27. The Morgan fingerprint density at radius 1 is 1.35 bits per heavy atom. The van der Waals surface area contributed by atoms with E-state index in [0.29, 0.717) is 12.0 Å². The molecule has 0 aliphatic rings. The Morgan fingerprint density at radius 3 is 2.88 bits per heavy atom. The van der Waals surface area contributed by atoms with E-state index >= 15 is 0 Å². The van der Waals surface area contributed by atoms with Gasteiger partial charge in [-0.3, -0.25) is 4.39 Å². The zero-order chi connectivity index (χ0) is 12.5. The molecule has 1 N–H and O–H groups in total. The van der Waals surface area contributed by atoms with Gasteiger partial charge >= 0.3 is 0 Å². The smallest absolute Gasteiger partial charge is 0.0991 e. The maximum atomic E-state index is 11.9. The molecule has 0 amide bonds. The number of rotatable bonds is 7. The average Bonchev–Trinajstić information content (AvgIpc) is 2.38. The highest BCUT2D eigenvalue weighted by Gasteiger charge is 2.04. The number of benzene rings is 1. The molecule has 0 aliphatic heterocycles. The lowest BCUT2D eigenvalue weighted by Crippen LogP contribution is -2.19. The van der Waals surface area contributed by atoms with Crippen LogP contribution in [-0.4, -0.2) is 13.2 Å². The number of halogens is 1. The number of nitrogens with zero attached hydrogens (tertiary/aromatic N) is 1. The van der Waals surface area contributed by atoms with E-state index in [1.165, 1.54) is 0 Å². The van der Waals surface area contributed by atoms with E-state index in [4.69, 9.17) is 5.26 Å². The molecule has 0 radical (unpaired) electrons. The maximum absolute atomic E-state index is 11.9. The van der Waals surface area contributed by atoms with Gasteiger partial charge in [-0.25, -0.2) is 0 Å². The van der Waals surface area contributed by atoms with Gasteiger partial charge in [0.15, 0.2) is 0 Å². The van der Waals surface area contributed by atoms with Gasteiger partial charge in [0.1, 0.15) is 0 Å². The molecule has 1 aromatic carbocycles. The van der Waals surface area contributed by atoms with E-state index in [1.54, 1.807) is 6.07 Å². The summed E-state index contributed by atoms with van der Waals surface area (Å²) in [5, 5.41) is 12.2. The van der Waals surface area contributed by atoms with E-state index in [2.05, 4.69) is 18.3 Å². The molecule has 0 saturated carbocycles. The van der Waals surface area contributed by atoms with E-state index in [-0.39, 0.29) is 12.7 Å². The largest absolute Gasteiger partial charge is 0.310 e. The van der Waals surface area contributed by atoms with Crippen molar-refractivity contribution in [2.45, 2.75) is 32.2 Å². The third-order valence-corrected chi connectivity index (χ3v) is 2.78. The molecular weight excluding hydrogens is 215 g/mol. The predicted molar refractivity (Wildman–Crippen MR) is 67.4 cm³/mol.